The summed E-state index contributed by atoms with van der Waals surface area (Å²) < 4.78 is 28.6. The number of rotatable bonds is 8. The zero-order valence-electron chi connectivity index (χ0n) is 23.6. The van der Waals surface area contributed by atoms with Crippen LogP contribution in [0.3, 0.4) is 0 Å². The number of fused-ring (bicyclic) bond motifs is 1. The van der Waals surface area contributed by atoms with Crippen molar-refractivity contribution in [1.29, 1.82) is 5.26 Å². The van der Waals surface area contributed by atoms with E-state index >= 15 is 0 Å². The van der Waals surface area contributed by atoms with Crippen molar-refractivity contribution < 1.29 is 18.4 Å². The summed E-state index contributed by atoms with van der Waals surface area (Å²) in [5.74, 6) is -3.92. The van der Waals surface area contributed by atoms with Gasteiger partial charge in [0.25, 0.3) is 5.92 Å². The van der Waals surface area contributed by atoms with Crippen LogP contribution in [0.15, 0.2) is 48.8 Å². The first-order chi connectivity index (χ1) is 20.1. The van der Waals surface area contributed by atoms with E-state index < -0.39 is 36.7 Å². The molecule has 0 radical (unpaired) electrons. The number of amides is 2. The van der Waals surface area contributed by atoms with Crippen molar-refractivity contribution in [3.8, 4) is 17.3 Å². The van der Waals surface area contributed by atoms with Crippen LogP contribution in [0.1, 0.15) is 37.7 Å². The minimum Gasteiger partial charge on any atom is -0.360 e. The molecule has 1 saturated carbocycles. The van der Waals surface area contributed by atoms with Gasteiger partial charge in [-0.1, -0.05) is 24.3 Å². The lowest BCUT2D eigenvalue weighted by Gasteiger charge is -2.32. The number of likely N-dealkylation sites (N-methyl/N-ethyl adjacent to an activating group) is 1. The Kier molecular flexibility index (Phi) is 8.49. The summed E-state index contributed by atoms with van der Waals surface area (Å²) in [5.41, 5.74) is 2.59. The molecule has 0 bridgehead atoms. The quantitative estimate of drug-likeness (QED) is 0.349. The van der Waals surface area contributed by atoms with Gasteiger partial charge in [0.05, 0.1) is 24.0 Å². The fourth-order valence-electron chi connectivity index (χ4n) is 5.68. The van der Waals surface area contributed by atoms with Crippen LogP contribution in [0, 0.1) is 11.3 Å². The second-order valence-corrected chi connectivity index (χ2v) is 11.2. The molecule has 2 amide bonds. The van der Waals surface area contributed by atoms with Crippen LogP contribution in [0.5, 0.6) is 0 Å². The van der Waals surface area contributed by atoms with Crippen LogP contribution in [0.4, 0.5) is 14.7 Å². The zero-order chi connectivity index (χ0) is 29.9. The van der Waals surface area contributed by atoms with Gasteiger partial charge >= 0.3 is 0 Å². The molecule has 12 heteroatoms. The predicted octanol–water partition coefficient (Wildman–Crippen LogP) is 3.69. The first-order valence-electron chi connectivity index (χ1n) is 14.0. The third kappa shape index (κ3) is 6.57. The van der Waals surface area contributed by atoms with E-state index in [9.17, 15) is 23.6 Å². The Morgan fingerprint density at radius 1 is 1.26 bits per heavy atom. The van der Waals surface area contributed by atoms with Gasteiger partial charge in [-0.3, -0.25) is 9.59 Å². The highest BCUT2D eigenvalue weighted by Crippen LogP contribution is 2.33. The number of carbonyl (C=O) groups is 2. The highest BCUT2D eigenvalue weighted by Gasteiger charge is 2.49. The SMILES string of the molecule is CN(C)C/C=C/C(=O)N1CC(F)(F)C[C@H]1C(=O)N[C@H]1CCC[C@@H](Nc2ncc(C#N)c(-c3c[nH]c4ccccc34)n2)C1. The Hall–Kier alpha value is -4.37. The molecule has 2 aromatic heterocycles. The van der Waals surface area contributed by atoms with E-state index in [4.69, 9.17) is 0 Å². The lowest BCUT2D eigenvalue weighted by Crippen LogP contribution is -2.50. The number of anilines is 1. The molecule has 5 rings (SSSR count). The molecule has 2 aliphatic rings. The van der Waals surface area contributed by atoms with Gasteiger partial charge in [-0.05, 0) is 45.8 Å². The smallest absolute Gasteiger partial charge is 0.267 e. The van der Waals surface area contributed by atoms with Gasteiger partial charge in [-0.25, -0.2) is 18.7 Å². The number of aromatic amines is 1. The predicted molar refractivity (Wildman–Crippen MR) is 155 cm³/mol. The van der Waals surface area contributed by atoms with Gasteiger partial charge in [-0.15, -0.1) is 0 Å². The van der Waals surface area contributed by atoms with Crippen LogP contribution in [-0.2, 0) is 9.59 Å². The number of benzene rings is 1. The average molecular weight is 577 g/mol. The number of para-hydroxylation sites is 1. The number of aromatic nitrogens is 3. The number of nitriles is 1. The number of hydrogen-bond donors (Lipinski definition) is 3. The van der Waals surface area contributed by atoms with Crippen molar-refractivity contribution in [2.75, 3.05) is 32.5 Å². The van der Waals surface area contributed by atoms with Crippen molar-refractivity contribution >= 4 is 28.7 Å². The molecule has 0 spiro atoms. The van der Waals surface area contributed by atoms with E-state index in [-0.39, 0.29) is 12.1 Å². The van der Waals surface area contributed by atoms with Crippen LogP contribution in [0.2, 0.25) is 0 Å². The summed E-state index contributed by atoms with van der Waals surface area (Å²) in [4.78, 5) is 40.9. The minimum atomic E-state index is -3.13. The van der Waals surface area contributed by atoms with Crippen molar-refractivity contribution in [2.24, 2.45) is 0 Å². The number of likely N-dealkylation sites (tertiary alicyclic amines) is 1. The first-order valence-corrected chi connectivity index (χ1v) is 14.0. The highest BCUT2D eigenvalue weighted by atomic mass is 19.3. The molecule has 3 heterocycles. The number of halogens is 2. The summed E-state index contributed by atoms with van der Waals surface area (Å²) in [5, 5.41) is 16.9. The average Bonchev–Trinajstić information content (AvgIpc) is 3.53. The Bertz CT molecular complexity index is 1530. The van der Waals surface area contributed by atoms with E-state index in [0.717, 1.165) is 34.2 Å². The van der Waals surface area contributed by atoms with Crippen molar-refractivity contribution in [3.05, 3.63) is 54.4 Å². The molecule has 3 atom stereocenters. The maximum absolute atomic E-state index is 14.3. The van der Waals surface area contributed by atoms with Crippen LogP contribution < -0.4 is 10.6 Å². The van der Waals surface area contributed by atoms with Gasteiger partial charge in [0.2, 0.25) is 17.8 Å². The van der Waals surface area contributed by atoms with Crippen LogP contribution in [0.25, 0.3) is 22.2 Å². The van der Waals surface area contributed by atoms with E-state index in [0.29, 0.717) is 36.6 Å². The zero-order valence-corrected chi connectivity index (χ0v) is 23.6. The van der Waals surface area contributed by atoms with Crippen LogP contribution >= 0.6 is 0 Å². The number of nitrogens with one attached hydrogen (secondary N) is 3. The second-order valence-electron chi connectivity index (χ2n) is 11.2. The lowest BCUT2D eigenvalue weighted by atomic mass is 9.90. The maximum Gasteiger partial charge on any atom is 0.267 e. The van der Waals surface area contributed by atoms with Gasteiger partial charge in [-0.2, -0.15) is 5.26 Å². The Balaban J connectivity index is 1.25. The summed E-state index contributed by atoms with van der Waals surface area (Å²) in [6.45, 7) is -0.296. The molecule has 1 aliphatic heterocycles. The summed E-state index contributed by atoms with van der Waals surface area (Å²) in [6, 6.07) is 8.36. The lowest BCUT2D eigenvalue weighted by molar-refractivity contribution is -0.135. The third-order valence-corrected chi connectivity index (χ3v) is 7.69. The summed E-state index contributed by atoms with van der Waals surface area (Å²) in [7, 11) is 3.66. The Labute approximate surface area is 242 Å². The van der Waals surface area contributed by atoms with Crippen LogP contribution in [-0.4, -0.2) is 87.8 Å². The highest BCUT2D eigenvalue weighted by molar-refractivity contribution is 5.96. The third-order valence-electron chi connectivity index (χ3n) is 7.69. The topological polar surface area (TPSA) is 130 Å². The molecular weight excluding hydrogens is 542 g/mol. The number of carbonyl (C=O) groups excluding carboxylic acids is 2. The molecule has 1 aliphatic carbocycles. The van der Waals surface area contributed by atoms with Crippen molar-refractivity contribution in [1.82, 2.24) is 30.1 Å². The van der Waals surface area contributed by atoms with Crippen molar-refractivity contribution in [2.45, 2.75) is 56.2 Å². The Morgan fingerprint density at radius 2 is 2.05 bits per heavy atom. The van der Waals surface area contributed by atoms with Gasteiger partial charge in [0.1, 0.15) is 12.1 Å². The molecule has 0 unspecified atom stereocenters. The largest absolute Gasteiger partial charge is 0.360 e. The first kappa shape index (κ1) is 29.1. The van der Waals surface area contributed by atoms with E-state index in [2.05, 4.69) is 31.7 Å². The van der Waals surface area contributed by atoms with E-state index in [1.165, 1.54) is 12.3 Å². The number of nitrogens with zero attached hydrogens (tertiary/aromatic N) is 5. The normalized spacial score (nSPS) is 22.0. The number of H-pyrrole nitrogens is 1. The number of hydrogen-bond acceptors (Lipinski definition) is 7. The standard InChI is InChI=1S/C30H34F2N8O2/c1-39(2)12-6-11-26(41)40-18-30(31,32)14-25(40)28(42)36-20-7-5-8-21(13-20)37-29-35-16-19(15-33)27(38-29)23-17-34-24-10-4-3-9-22(23)24/h3-4,6,9-11,16-17,20-21,25,34H,5,7-8,12-14,18H2,1-2H3,(H,36,42)(H,35,37,38)/b11-6+/t20-,21+,25-/m0/s1. The molecule has 42 heavy (non-hydrogen) atoms. The summed E-state index contributed by atoms with van der Waals surface area (Å²) >= 11 is 0. The number of alkyl halides is 2. The molecule has 10 nitrogen and oxygen atoms in total. The minimum absolute atomic E-state index is 0.0791. The molecule has 1 aromatic carbocycles. The molecule has 2 fully saturated rings. The van der Waals surface area contributed by atoms with Crippen molar-refractivity contribution in [3.63, 3.8) is 0 Å². The molecule has 220 valence electrons. The van der Waals surface area contributed by atoms with Gasteiger partial charge in [0, 0.05) is 53.8 Å². The fraction of sp³-hybridized carbons (Fsp3) is 0.433. The van der Waals surface area contributed by atoms with E-state index in [1.54, 1.807) is 6.08 Å². The molecular formula is C30H34F2N8O2. The molecule has 1 saturated heterocycles. The molecule has 3 N–H and O–H groups in total. The Morgan fingerprint density at radius 3 is 2.83 bits per heavy atom. The maximum atomic E-state index is 14.3. The molecule has 3 aromatic rings. The van der Waals surface area contributed by atoms with E-state index in [1.807, 2.05) is 49.5 Å². The van der Waals surface area contributed by atoms with Gasteiger partial charge < -0.3 is 25.4 Å². The second kappa shape index (κ2) is 12.2. The summed E-state index contributed by atoms with van der Waals surface area (Å²) in [6.07, 6.45) is 8.30. The fourth-order valence-corrected chi connectivity index (χ4v) is 5.68. The monoisotopic (exact) mass is 576 g/mol. The van der Waals surface area contributed by atoms with Gasteiger partial charge in [0.15, 0.2) is 0 Å².